The van der Waals surface area contributed by atoms with Gasteiger partial charge in [-0.15, -0.1) is 0 Å². The fourth-order valence-electron chi connectivity index (χ4n) is 4.29. The molecule has 1 fully saturated rings. The minimum absolute atomic E-state index is 0.0378. The number of rotatable bonds is 5. The summed E-state index contributed by atoms with van der Waals surface area (Å²) < 4.78 is 26.7. The average molecular weight is 476 g/mol. The number of Topliss-reactive ketones (excluding diaryl/α,β-unsaturated/α-hetero) is 1. The second kappa shape index (κ2) is 9.45. The summed E-state index contributed by atoms with van der Waals surface area (Å²) >= 11 is 0. The van der Waals surface area contributed by atoms with Crippen LogP contribution in [-0.2, 0) is 21.4 Å². The van der Waals surface area contributed by atoms with Gasteiger partial charge in [-0.05, 0) is 64.9 Å². The molecular weight excluding hydrogens is 448 g/mol. The SMILES string of the molecule is CC(C)(C)c1ccc(C2/C(=C(/O)c3ccc(F)cc3)C(=O)C(=O)N2CCc2ccc(F)cc2)cc1. The molecule has 3 aromatic rings. The van der Waals surface area contributed by atoms with Gasteiger partial charge in [0.25, 0.3) is 11.7 Å². The predicted octanol–water partition coefficient (Wildman–Crippen LogP) is 5.93. The highest BCUT2D eigenvalue weighted by Gasteiger charge is 2.45. The number of ketones is 1. The molecular formula is C29H27F2NO3. The third-order valence-electron chi connectivity index (χ3n) is 6.30. The van der Waals surface area contributed by atoms with Crippen molar-refractivity contribution in [1.29, 1.82) is 0 Å². The molecule has 1 atom stereocenters. The number of aliphatic hydroxyl groups excluding tert-OH is 1. The first-order valence-electron chi connectivity index (χ1n) is 11.5. The fraction of sp³-hybridized carbons (Fsp3) is 0.241. The molecule has 1 N–H and O–H groups in total. The van der Waals surface area contributed by atoms with Gasteiger partial charge in [-0.1, -0.05) is 57.2 Å². The van der Waals surface area contributed by atoms with Gasteiger partial charge in [0.15, 0.2) is 0 Å². The third kappa shape index (κ3) is 5.02. The second-order valence-corrected chi connectivity index (χ2v) is 9.75. The molecule has 1 saturated heterocycles. The van der Waals surface area contributed by atoms with Crippen LogP contribution >= 0.6 is 0 Å². The van der Waals surface area contributed by atoms with Crippen LogP contribution in [0.5, 0.6) is 0 Å². The van der Waals surface area contributed by atoms with Crippen LogP contribution < -0.4 is 0 Å². The van der Waals surface area contributed by atoms with Crippen LogP contribution in [0.2, 0.25) is 0 Å². The summed E-state index contributed by atoms with van der Waals surface area (Å²) in [6.45, 7) is 6.46. The van der Waals surface area contributed by atoms with Gasteiger partial charge >= 0.3 is 0 Å². The summed E-state index contributed by atoms with van der Waals surface area (Å²) in [5.41, 5.74) is 2.71. The zero-order chi connectivity index (χ0) is 25.3. The van der Waals surface area contributed by atoms with E-state index in [-0.39, 0.29) is 34.7 Å². The van der Waals surface area contributed by atoms with E-state index in [9.17, 15) is 23.5 Å². The molecule has 4 nitrogen and oxygen atoms in total. The van der Waals surface area contributed by atoms with Crippen LogP contribution in [0, 0.1) is 11.6 Å². The average Bonchev–Trinajstić information content (AvgIpc) is 3.08. The maximum absolute atomic E-state index is 13.4. The maximum Gasteiger partial charge on any atom is 0.295 e. The van der Waals surface area contributed by atoms with Gasteiger partial charge in [-0.2, -0.15) is 0 Å². The zero-order valence-corrected chi connectivity index (χ0v) is 19.9. The summed E-state index contributed by atoms with van der Waals surface area (Å²) in [6.07, 6.45) is 0.403. The Morgan fingerprint density at radius 3 is 1.94 bits per heavy atom. The van der Waals surface area contributed by atoms with Gasteiger partial charge in [0.05, 0.1) is 11.6 Å². The van der Waals surface area contributed by atoms with Crippen molar-refractivity contribution in [2.24, 2.45) is 0 Å². The standard InChI is InChI=1S/C29H27F2NO3/c1-29(2,3)21-10-6-19(7-11-21)25-24(26(33)20-8-14-23(31)15-9-20)27(34)28(35)32(25)17-16-18-4-12-22(30)13-5-18/h4-15,25,33H,16-17H2,1-3H3/b26-24-. The lowest BCUT2D eigenvalue weighted by Crippen LogP contribution is -2.31. The van der Waals surface area contributed by atoms with Crippen LogP contribution in [0.1, 0.15) is 49.1 Å². The van der Waals surface area contributed by atoms with Gasteiger partial charge in [-0.25, -0.2) is 8.78 Å². The number of likely N-dealkylation sites (tertiary alicyclic amines) is 1. The van der Waals surface area contributed by atoms with E-state index in [1.54, 1.807) is 12.1 Å². The highest BCUT2D eigenvalue weighted by atomic mass is 19.1. The fourth-order valence-corrected chi connectivity index (χ4v) is 4.29. The van der Waals surface area contributed by atoms with Crippen molar-refractivity contribution >= 4 is 17.4 Å². The monoisotopic (exact) mass is 475 g/mol. The third-order valence-corrected chi connectivity index (χ3v) is 6.30. The minimum Gasteiger partial charge on any atom is -0.507 e. The van der Waals surface area contributed by atoms with Gasteiger partial charge in [-0.3, -0.25) is 9.59 Å². The van der Waals surface area contributed by atoms with Gasteiger partial charge in [0.1, 0.15) is 17.4 Å². The largest absolute Gasteiger partial charge is 0.507 e. The van der Waals surface area contributed by atoms with E-state index in [1.165, 1.54) is 41.3 Å². The normalized spacial score (nSPS) is 17.7. The Morgan fingerprint density at radius 2 is 1.40 bits per heavy atom. The summed E-state index contributed by atoms with van der Waals surface area (Å²) in [5, 5.41) is 11.1. The van der Waals surface area contributed by atoms with E-state index in [0.717, 1.165) is 11.1 Å². The Morgan fingerprint density at radius 1 is 0.857 bits per heavy atom. The van der Waals surface area contributed by atoms with E-state index in [0.29, 0.717) is 12.0 Å². The van der Waals surface area contributed by atoms with Crippen LogP contribution in [0.15, 0.2) is 78.4 Å². The molecule has 0 spiro atoms. The van der Waals surface area contributed by atoms with Crippen molar-refractivity contribution in [2.45, 2.75) is 38.6 Å². The van der Waals surface area contributed by atoms with Crippen LogP contribution in [0.25, 0.3) is 5.76 Å². The van der Waals surface area contributed by atoms with E-state index in [4.69, 9.17) is 0 Å². The van der Waals surface area contributed by atoms with Crippen molar-refractivity contribution in [1.82, 2.24) is 4.90 Å². The molecule has 1 unspecified atom stereocenters. The lowest BCUT2D eigenvalue weighted by Gasteiger charge is -2.26. The van der Waals surface area contributed by atoms with E-state index >= 15 is 0 Å². The minimum atomic E-state index is -0.811. The van der Waals surface area contributed by atoms with Crippen molar-refractivity contribution in [3.8, 4) is 0 Å². The number of hydrogen-bond donors (Lipinski definition) is 1. The Labute approximate surface area is 203 Å². The van der Waals surface area contributed by atoms with Crippen LogP contribution in [-0.4, -0.2) is 28.2 Å². The first-order valence-corrected chi connectivity index (χ1v) is 11.5. The van der Waals surface area contributed by atoms with Crippen molar-refractivity contribution in [3.05, 3.63) is 112 Å². The molecule has 0 radical (unpaired) electrons. The first-order chi connectivity index (χ1) is 16.6. The zero-order valence-electron chi connectivity index (χ0n) is 19.9. The molecule has 0 aromatic heterocycles. The smallest absolute Gasteiger partial charge is 0.295 e. The number of carbonyl (C=O) groups is 2. The topological polar surface area (TPSA) is 57.6 Å². The molecule has 180 valence electrons. The summed E-state index contributed by atoms with van der Waals surface area (Å²) in [4.78, 5) is 27.7. The molecule has 1 aliphatic rings. The number of carbonyl (C=O) groups excluding carboxylic acids is 2. The summed E-state index contributed by atoms with van der Waals surface area (Å²) in [7, 11) is 0. The van der Waals surface area contributed by atoms with E-state index in [1.807, 2.05) is 24.3 Å². The molecule has 0 aliphatic carbocycles. The lowest BCUT2D eigenvalue weighted by molar-refractivity contribution is -0.139. The first kappa shape index (κ1) is 24.3. The second-order valence-electron chi connectivity index (χ2n) is 9.75. The molecule has 1 aliphatic heterocycles. The molecule has 0 saturated carbocycles. The predicted molar refractivity (Wildman–Crippen MR) is 131 cm³/mol. The number of amides is 1. The molecule has 4 rings (SSSR count). The van der Waals surface area contributed by atoms with Gasteiger partial charge in [0.2, 0.25) is 0 Å². The molecule has 0 bridgehead atoms. The Bertz CT molecular complexity index is 1270. The summed E-state index contributed by atoms with van der Waals surface area (Å²) in [5.74, 6) is -2.70. The Kier molecular flexibility index (Phi) is 6.57. The Balaban J connectivity index is 1.77. The number of aliphatic hydroxyl groups is 1. The number of benzene rings is 3. The summed E-state index contributed by atoms with van der Waals surface area (Å²) in [6, 6.07) is 17.9. The van der Waals surface area contributed by atoms with Gasteiger partial charge in [0, 0.05) is 12.1 Å². The maximum atomic E-state index is 13.4. The van der Waals surface area contributed by atoms with Crippen molar-refractivity contribution in [2.75, 3.05) is 6.54 Å². The molecule has 35 heavy (non-hydrogen) atoms. The highest BCUT2D eigenvalue weighted by Crippen LogP contribution is 2.40. The molecule has 3 aromatic carbocycles. The molecule has 1 amide bonds. The van der Waals surface area contributed by atoms with Crippen molar-refractivity contribution < 1.29 is 23.5 Å². The quantitative estimate of drug-likeness (QED) is 0.283. The lowest BCUT2D eigenvalue weighted by atomic mass is 9.85. The highest BCUT2D eigenvalue weighted by molar-refractivity contribution is 6.46. The number of halogens is 2. The van der Waals surface area contributed by atoms with Crippen molar-refractivity contribution in [3.63, 3.8) is 0 Å². The van der Waals surface area contributed by atoms with Crippen LogP contribution in [0.4, 0.5) is 8.78 Å². The van der Waals surface area contributed by atoms with Gasteiger partial charge < -0.3 is 10.0 Å². The molecule has 6 heteroatoms. The number of hydrogen-bond acceptors (Lipinski definition) is 3. The van der Waals surface area contributed by atoms with Crippen LogP contribution in [0.3, 0.4) is 0 Å². The van der Waals surface area contributed by atoms with E-state index in [2.05, 4.69) is 20.8 Å². The van der Waals surface area contributed by atoms with E-state index < -0.39 is 23.5 Å². The molecule has 1 heterocycles. The number of nitrogens with zero attached hydrogens (tertiary/aromatic N) is 1. The Hall–Kier alpha value is -3.80.